The quantitative estimate of drug-likeness (QED) is 0.179. The number of para-hydroxylation sites is 2. The van der Waals surface area contributed by atoms with Gasteiger partial charge in [0.15, 0.2) is 0 Å². The fraction of sp³-hybridized carbons (Fsp3) is 0.235. The van der Waals surface area contributed by atoms with Crippen molar-refractivity contribution in [2.45, 2.75) is 43.8 Å². The number of hydrogen-bond acceptors (Lipinski definition) is 5. The molecule has 0 aliphatic carbocycles. The Morgan fingerprint density at radius 1 is 0.822 bits per heavy atom. The Morgan fingerprint density at radius 3 is 2.00 bits per heavy atom. The van der Waals surface area contributed by atoms with Crippen molar-refractivity contribution in [3.05, 3.63) is 124 Å². The van der Waals surface area contributed by atoms with Crippen LogP contribution in [0.15, 0.2) is 108 Å². The molecule has 0 radical (unpaired) electrons. The van der Waals surface area contributed by atoms with E-state index in [1.54, 1.807) is 60.7 Å². The van der Waals surface area contributed by atoms with Gasteiger partial charge >= 0.3 is 0 Å². The second-order valence-corrected chi connectivity index (χ2v) is 13.3. The van der Waals surface area contributed by atoms with E-state index in [0.717, 1.165) is 9.87 Å². The number of nitrogens with one attached hydrogen (secondary N) is 1. The van der Waals surface area contributed by atoms with E-state index < -0.39 is 34.4 Å². The number of hydrogen-bond donors (Lipinski definition) is 1. The highest BCUT2D eigenvalue weighted by molar-refractivity contribution is 7.92. The fourth-order valence-corrected chi connectivity index (χ4v) is 6.82. The van der Waals surface area contributed by atoms with Gasteiger partial charge in [0.25, 0.3) is 10.0 Å². The minimum absolute atomic E-state index is 0.0113. The third kappa shape index (κ3) is 8.36. The standard InChI is InChI=1S/C34H35Cl2N3O5S/c1-24(2)37-34(41)31(21-25-13-6-4-7-14-25)38(22-27-28(35)17-12-18-29(27)36)33(40)23-39(30-19-10-11-20-32(30)44-3)45(42,43)26-15-8-5-9-16-26/h4-20,24,31H,21-23H2,1-3H3,(H,37,41)/t31-/m1/s1. The molecule has 0 aliphatic rings. The molecule has 1 atom stereocenters. The Kier molecular flexibility index (Phi) is 11.5. The van der Waals surface area contributed by atoms with Gasteiger partial charge in [0.05, 0.1) is 17.7 Å². The summed E-state index contributed by atoms with van der Waals surface area (Å²) in [5, 5.41) is 3.54. The summed E-state index contributed by atoms with van der Waals surface area (Å²) in [7, 11) is -2.85. The fourth-order valence-electron chi connectivity index (χ4n) is 4.86. The van der Waals surface area contributed by atoms with Crippen LogP contribution in [0.4, 0.5) is 5.69 Å². The third-order valence-corrected chi connectivity index (χ3v) is 9.54. The third-order valence-electron chi connectivity index (χ3n) is 7.06. The number of carbonyl (C=O) groups excluding carboxylic acids is 2. The van der Waals surface area contributed by atoms with Gasteiger partial charge < -0.3 is 15.0 Å². The van der Waals surface area contributed by atoms with Crippen LogP contribution in [0.25, 0.3) is 0 Å². The summed E-state index contributed by atoms with van der Waals surface area (Å²) in [4.78, 5) is 29.7. The molecule has 0 bridgehead atoms. The second-order valence-electron chi connectivity index (χ2n) is 10.6. The van der Waals surface area contributed by atoms with Gasteiger partial charge in [0.1, 0.15) is 18.3 Å². The van der Waals surface area contributed by atoms with E-state index >= 15 is 0 Å². The molecule has 0 spiro atoms. The van der Waals surface area contributed by atoms with E-state index in [1.807, 2.05) is 44.2 Å². The van der Waals surface area contributed by atoms with Crippen molar-refractivity contribution in [1.82, 2.24) is 10.2 Å². The lowest BCUT2D eigenvalue weighted by Crippen LogP contribution is -2.54. The molecule has 0 saturated carbocycles. The lowest BCUT2D eigenvalue weighted by molar-refractivity contribution is -0.140. The summed E-state index contributed by atoms with van der Waals surface area (Å²) in [6.45, 7) is 2.86. The van der Waals surface area contributed by atoms with Crippen LogP contribution in [-0.4, -0.2) is 50.9 Å². The highest BCUT2D eigenvalue weighted by Gasteiger charge is 2.36. The van der Waals surface area contributed by atoms with Crippen LogP contribution < -0.4 is 14.4 Å². The molecule has 0 fully saturated rings. The van der Waals surface area contributed by atoms with Crippen molar-refractivity contribution in [2.75, 3.05) is 18.0 Å². The van der Waals surface area contributed by atoms with Crippen molar-refractivity contribution in [3.8, 4) is 5.75 Å². The van der Waals surface area contributed by atoms with Gasteiger partial charge in [-0.05, 0) is 55.8 Å². The van der Waals surface area contributed by atoms with Crippen LogP contribution in [-0.2, 0) is 32.6 Å². The maximum absolute atomic E-state index is 14.6. The molecule has 0 heterocycles. The van der Waals surface area contributed by atoms with Gasteiger partial charge in [0.2, 0.25) is 11.8 Å². The van der Waals surface area contributed by atoms with Crippen molar-refractivity contribution in [1.29, 1.82) is 0 Å². The number of carbonyl (C=O) groups is 2. The number of amides is 2. The first-order chi connectivity index (χ1) is 21.5. The molecule has 0 saturated heterocycles. The number of benzene rings is 4. The number of halogens is 2. The van der Waals surface area contributed by atoms with Crippen molar-refractivity contribution >= 4 is 50.7 Å². The molecule has 11 heteroatoms. The highest BCUT2D eigenvalue weighted by Crippen LogP contribution is 2.33. The van der Waals surface area contributed by atoms with Crippen LogP contribution in [0.2, 0.25) is 10.0 Å². The van der Waals surface area contributed by atoms with E-state index in [0.29, 0.717) is 15.6 Å². The minimum Gasteiger partial charge on any atom is -0.495 e. The molecule has 1 N–H and O–H groups in total. The van der Waals surface area contributed by atoms with Crippen molar-refractivity contribution in [2.24, 2.45) is 0 Å². The first-order valence-electron chi connectivity index (χ1n) is 14.3. The summed E-state index contributed by atoms with van der Waals surface area (Å²) in [6, 6.07) is 27.4. The smallest absolute Gasteiger partial charge is 0.264 e. The maximum atomic E-state index is 14.6. The minimum atomic E-state index is -4.28. The number of nitrogens with zero attached hydrogens (tertiary/aromatic N) is 2. The Bertz CT molecular complexity index is 1700. The Labute approximate surface area is 274 Å². The summed E-state index contributed by atoms with van der Waals surface area (Å²) in [6.07, 6.45) is 0.160. The van der Waals surface area contributed by atoms with E-state index in [-0.39, 0.29) is 35.3 Å². The SMILES string of the molecule is COc1ccccc1N(CC(=O)N(Cc1c(Cl)cccc1Cl)[C@H](Cc1ccccc1)C(=O)NC(C)C)S(=O)(=O)c1ccccc1. The van der Waals surface area contributed by atoms with Crippen LogP contribution in [0.3, 0.4) is 0 Å². The monoisotopic (exact) mass is 667 g/mol. The Balaban J connectivity index is 1.86. The average molecular weight is 669 g/mol. The zero-order valence-corrected chi connectivity index (χ0v) is 27.5. The van der Waals surface area contributed by atoms with Crippen LogP contribution in [0.5, 0.6) is 5.75 Å². The summed E-state index contributed by atoms with van der Waals surface area (Å²) in [5.74, 6) is -0.791. The van der Waals surface area contributed by atoms with Crippen LogP contribution >= 0.6 is 23.2 Å². The lowest BCUT2D eigenvalue weighted by Gasteiger charge is -2.34. The van der Waals surface area contributed by atoms with Gasteiger partial charge in [-0.25, -0.2) is 8.42 Å². The molecule has 0 unspecified atom stereocenters. The molecule has 45 heavy (non-hydrogen) atoms. The van der Waals surface area contributed by atoms with Gasteiger partial charge in [-0.1, -0.05) is 89.9 Å². The largest absolute Gasteiger partial charge is 0.495 e. The van der Waals surface area contributed by atoms with Gasteiger partial charge in [-0.3, -0.25) is 13.9 Å². The molecule has 0 aromatic heterocycles. The maximum Gasteiger partial charge on any atom is 0.264 e. The molecule has 8 nitrogen and oxygen atoms in total. The topological polar surface area (TPSA) is 96.0 Å². The summed E-state index contributed by atoms with van der Waals surface area (Å²) in [5.41, 5.74) is 1.40. The lowest BCUT2D eigenvalue weighted by atomic mass is 10.0. The van der Waals surface area contributed by atoms with E-state index in [9.17, 15) is 18.0 Å². The zero-order valence-electron chi connectivity index (χ0n) is 25.2. The first-order valence-corrected chi connectivity index (χ1v) is 16.5. The number of ether oxygens (including phenoxy) is 1. The number of methoxy groups -OCH3 is 1. The molecular weight excluding hydrogens is 633 g/mol. The molecular formula is C34H35Cl2N3O5S. The second kappa shape index (κ2) is 15.3. The van der Waals surface area contributed by atoms with Crippen LogP contribution in [0.1, 0.15) is 25.0 Å². The highest BCUT2D eigenvalue weighted by atomic mass is 35.5. The summed E-state index contributed by atoms with van der Waals surface area (Å²) < 4.78 is 34.8. The predicted octanol–water partition coefficient (Wildman–Crippen LogP) is 6.36. The van der Waals surface area contributed by atoms with Crippen molar-refractivity contribution in [3.63, 3.8) is 0 Å². The van der Waals surface area contributed by atoms with E-state index in [2.05, 4.69) is 5.32 Å². The number of rotatable bonds is 13. The summed E-state index contributed by atoms with van der Waals surface area (Å²) >= 11 is 13.1. The first kappa shape index (κ1) is 33.8. The molecule has 236 valence electrons. The molecule has 4 rings (SSSR count). The van der Waals surface area contributed by atoms with E-state index in [1.165, 1.54) is 24.1 Å². The normalized spacial score (nSPS) is 12.0. The molecule has 4 aromatic rings. The molecule has 0 aliphatic heterocycles. The Morgan fingerprint density at radius 2 is 1.40 bits per heavy atom. The van der Waals surface area contributed by atoms with Gasteiger partial charge in [-0.2, -0.15) is 0 Å². The number of sulfonamides is 1. The van der Waals surface area contributed by atoms with Gasteiger partial charge in [0, 0.05) is 34.6 Å². The van der Waals surface area contributed by atoms with Crippen LogP contribution in [0, 0.1) is 0 Å². The predicted molar refractivity (Wildman–Crippen MR) is 178 cm³/mol. The number of anilines is 1. The molecule has 2 amide bonds. The van der Waals surface area contributed by atoms with Gasteiger partial charge in [-0.15, -0.1) is 0 Å². The zero-order chi connectivity index (χ0) is 32.6. The van der Waals surface area contributed by atoms with E-state index in [4.69, 9.17) is 27.9 Å². The Hall–Kier alpha value is -4.05. The average Bonchev–Trinajstić information content (AvgIpc) is 3.03. The van der Waals surface area contributed by atoms with Crippen molar-refractivity contribution < 1.29 is 22.7 Å². The molecule has 4 aromatic carbocycles.